The molecule has 0 aliphatic heterocycles. The van der Waals surface area contributed by atoms with E-state index in [4.69, 9.17) is 15.6 Å². The molecule has 1 aliphatic rings. The summed E-state index contributed by atoms with van der Waals surface area (Å²) < 4.78 is 5.35. The van der Waals surface area contributed by atoms with Crippen LogP contribution in [0.5, 0.6) is 0 Å². The van der Waals surface area contributed by atoms with Crippen LogP contribution in [-0.2, 0) is 4.74 Å². The molecule has 2 unspecified atom stereocenters. The van der Waals surface area contributed by atoms with E-state index in [1.807, 2.05) is 0 Å². The van der Waals surface area contributed by atoms with E-state index >= 15 is 0 Å². The second-order valence-electron chi connectivity index (χ2n) is 4.81. The van der Waals surface area contributed by atoms with Gasteiger partial charge in [0, 0.05) is 12.6 Å². The van der Waals surface area contributed by atoms with Gasteiger partial charge in [0.25, 0.3) is 0 Å². The van der Waals surface area contributed by atoms with Gasteiger partial charge in [0.05, 0.1) is 19.8 Å². The van der Waals surface area contributed by atoms with Gasteiger partial charge in [-0.1, -0.05) is 19.8 Å². The van der Waals surface area contributed by atoms with E-state index in [1.54, 1.807) is 0 Å². The molecule has 4 heteroatoms. The van der Waals surface area contributed by atoms with Gasteiger partial charge in [0.2, 0.25) is 0 Å². The van der Waals surface area contributed by atoms with Crippen LogP contribution >= 0.6 is 0 Å². The fraction of sp³-hybridized carbons (Fsp3) is 1.00. The Balaban J connectivity index is 2.35. The molecule has 0 spiro atoms. The molecule has 1 aliphatic carbocycles. The molecule has 0 aromatic heterocycles. The fourth-order valence-corrected chi connectivity index (χ4v) is 2.85. The molecule has 0 amide bonds. The average Bonchev–Trinajstić information content (AvgIpc) is 2.39. The summed E-state index contributed by atoms with van der Waals surface area (Å²) in [6.45, 7) is 6.29. The van der Waals surface area contributed by atoms with E-state index in [1.165, 1.54) is 25.7 Å². The molecule has 1 saturated carbocycles. The van der Waals surface area contributed by atoms with Gasteiger partial charge >= 0.3 is 0 Å². The first-order valence-corrected chi connectivity index (χ1v) is 6.96. The molecular weight excluding hydrogens is 216 g/mol. The molecule has 0 radical (unpaired) electrons. The number of hydrogen-bond acceptors (Lipinski definition) is 4. The maximum Gasteiger partial charge on any atom is 0.0698 e. The Bertz CT molecular complexity index is 190. The molecule has 2 atom stereocenters. The van der Waals surface area contributed by atoms with Crippen molar-refractivity contribution in [3.05, 3.63) is 0 Å². The molecule has 3 N–H and O–H groups in total. The minimum Gasteiger partial charge on any atom is -0.394 e. The van der Waals surface area contributed by atoms with Crippen LogP contribution in [0.1, 0.15) is 32.6 Å². The minimum atomic E-state index is 0.112. The van der Waals surface area contributed by atoms with Gasteiger partial charge in [-0.15, -0.1) is 0 Å². The van der Waals surface area contributed by atoms with Crippen LogP contribution < -0.4 is 5.73 Å². The lowest BCUT2D eigenvalue weighted by atomic mass is 9.83. The van der Waals surface area contributed by atoms with Crippen molar-refractivity contribution in [2.24, 2.45) is 11.7 Å². The first-order chi connectivity index (χ1) is 8.33. The Morgan fingerprint density at radius 3 is 2.71 bits per heavy atom. The number of ether oxygens (including phenoxy) is 1. The third-order valence-corrected chi connectivity index (χ3v) is 3.81. The number of aliphatic hydroxyl groups is 1. The van der Waals surface area contributed by atoms with E-state index in [-0.39, 0.29) is 6.61 Å². The molecular formula is C13H28N2O2. The summed E-state index contributed by atoms with van der Waals surface area (Å²) in [5.74, 6) is 0.654. The van der Waals surface area contributed by atoms with E-state index in [9.17, 15) is 0 Å². The maximum absolute atomic E-state index is 8.66. The summed E-state index contributed by atoms with van der Waals surface area (Å²) >= 11 is 0. The van der Waals surface area contributed by atoms with Crippen LogP contribution in [0, 0.1) is 5.92 Å². The van der Waals surface area contributed by atoms with E-state index in [2.05, 4.69) is 11.8 Å². The lowest BCUT2D eigenvalue weighted by Gasteiger charge is -2.39. The van der Waals surface area contributed by atoms with Crippen molar-refractivity contribution in [1.82, 2.24) is 4.90 Å². The second kappa shape index (κ2) is 8.86. The standard InChI is InChI=1S/C13H28N2O2/c1-2-15(7-9-17-10-8-16)13-6-4-3-5-12(13)11-14/h12-13,16H,2-11,14H2,1H3. The highest BCUT2D eigenvalue weighted by Crippen LogP contribution is 2.27. The zero-order chi connectivity index (χ0) is 12.5. The first-order valence-electron chi connectivity index (χ1n) is 6.96. The molecule has 0 heterocycles. The summed E-state index contributed by atoms with van der Waals surface area (Å²) in [6, 6.07) is 0.636. The lowest BCUT2D eigenvalue weighted by Crippen LogP contribution is -2.46. The van der Waals surface area contributed by atoms with Crippen molar-refractivity contribution in [3.8, 4) is 0 Å². The SMILES string of the molecule is CCN(CCOCCO)C1CCCCC1CN. The molecule has 0 bridgehead atoms. The number of rotatable bonds is 8. The molecule has 0 aromatic carbocycles. The van der Waals surface area contributed by atoms with E-state index in [0.717, 1.165) is 19.6 Å². The van der Waals surface area contributed by atoms with Crippen LogP contribution in [0.4, 0.5) is 0 Å². The second-order valence-corrected chi connectivity index (χ2v) is 4.81. The minimum absolute atomic E-state index is 0.112. The Morgan fingerprint density at radius 1 is 1.29 bits per heavy atom. The summed E-state index contributed by atoms with van der Waals surface area (Å²) in [5.41, 5.74) is 5.87. The van der Waals surface area contributed by atoms with Gasteiger partial charge < -0.3 is 15.6 Å². The van der Waals surface area contributed by atoms with Crippen molar-refractivity contribution >= 4 is 0 Å². The summed E-state index contributed by atoms with van der Waals surface area (Å²) in [6.07, 6.45) is 5.21. The van der Waals surface area contributed by atoms with Crippen molar-refractivity contribution in [2.45, 2.75) is 38.6 Å². The van der Waals surface area contributed by atoms with Crippen LogP contribution in [0.15, 0.2) is 0 Å². The Hall–Kier alpha value is -0.160. The lowest BCUT2D eigenvalue weighted by molar-refractivity contribution is 0.0458. The fourth-order valence-electron chi connectivity index (χ4n) is 2.85. The molecule has 0 saturated heterocycles. The van der Waals surface area contributed by atoms with Gasteiger partial charge in [-0.05, 0) is 31.8 Å². The normalized spacial score (nSPS) is 25.4. The van der Waals surface area contributed by atoms with Gasteiger partial charge in [-0.25, -0.2) is 0 Å². The largest absolute Gasteiger partial charge is 0.394 e. The number of nitrogens with zero attached hydrogens (tertiary/aromatic N) is 1. The van der Waals surface area contributed by atoms with E-state index in [0.29, 0.717) is 25.2 Å². The summed E-state index contributed by atoms with van der Waals surface area (Å²) in [7, 11) is 0. The number of likely N-dealkylation sites (N-methyl/N-ethyl adjacent to an activating group) is 1. The third kappa shape index (κ3) is 4.92. The van der Waals surface area contributed by atoms with Crippen LogP contribution in [0.3, 0.4) is 0 Å². The smallest absolute Gasteiger partial charge is 0.0698 e. The first kappa shape index (κ1) is 14.9. The van der Waals surface area contributed by atoms with Gasteiger partial charge in [-0.3, -0.25) is 4.90 Å². The highest BCUT2D eigenvalue weighted by Gasteiger charge is 2.27. The average molecular weight is 244 g/mol. The Kier molecular flexibility index (Phi) is 7.77. The monoisotopic (exact) mass is 244 g/mol. The summed E-state index contributed by atoms with van der Waals surface area (Å²) in [4.78, 5) is 2.49. The third-order valence-electron chi connectivity index (χ3n) is 3.81. The van der Waals surface area contributed by atoms with Crippen molar-refractivity contribution < 1.29 is 9.84 Å². The molecule has 4 nitrogen and oxygen atoms in total. The Labute approximate surface area is 105 Å². The van der Waals surface area contributed by atoms with E-state index < -0.39 is 0 Å². The topological polar surface area (TPSA) is 58.7 Å². The van der Waals surface area contributed by atoms with Crippen molar-refractivity contribution in [2.75, 3.05) is 39.5 Å². The molecule has 1 fully saturated rings. The number of nitrogens with two attached hydrogens (primary N) is 1. The molecule has 0 aromatic rings. The predicted octanol–water partition coefficient (Wildman–Crippen LogP) is 0.835. The highest BCUT2D eigenvalue weighted by atomic mass is 16.5. The van der Waals surface area contributed by atoms with Crippen LogP contribution in [0.2, 0.25) is 0 Å². The predicted molar refractivity (Wildman–Crippen MR) is 70.0 cm³/mol. The van der Waals surface area contributed by atoms with Gasteiger partial charge in [0.15, 0.2) is 0 Å². The van der Waals surface area contributed by atoms with Crippen LogP contribution in [-0.4, -0.2) is 55.5 Å². The number of aliphatic hydroxyl groups excluding tert-OH is 1. The quantitative estimate of drug-likeness (QED) is 0.621. The van der Waals surface area contributed by atoms with Gasteiger partial charge in [0.1, 0.15) is 0 Å². The van der Waals surface area contributed by atoms with Crippen molar-refractivity contribution in [3.63, 3.8) is 0 Å². The highest BCUT2D eigenvalue weighted by molar-refractivity contribution is 4.83. The number of hydrogen-bond donors (Lipinski definition) is 2. The van der Waals surface area contributed by atoms with Crippen molar-refractivity contribution in [1.29, 1.82) is 0 Å². The Morgan fingerprint density at radius 2 is 2.06 bits per heavy atom. The molecule has 1 rings (SSSR count). The zero-order valence-corrected chi connectivity index (χ0v) is 11.1. The maximum atomic E-state index is 8.66. The van der Waals surface area contributed by atoms with Gasteiger partial charge in [-0.2, -0.15) is 0 Å². The zero-order valence-electron chi connectivity index (χ0n) is 11.1. The van der Waals surface area contributed by atoms with Crippen LogP contribution in [0.25, 0.3) is 0 Å². The summed E-state index contributed by atoms with van der Waals surface area (Å²) in [5, 5.41) is 8.66. The molecule has 102 valence electrons. The molecule has 17 heavy (non-hydrogen) atoms.